The highest BCUT2D eigenvalue weighted by Gasteiger charge is 2.27. The topological polar surface area (TPSA) is 112 Å². The third-order valence-corrected chi connectivity index (χ3v) is 8.04. The number of hydrogen-bond donors (Lipinski definition) is 3. The van der Waals surface area contributed by atoms with Crippen molar-refractivity contribution < 1.29 is 9.53 Å². The summed E-state index contributed by atoms with van der Waals surface area (Å²) in [5, 5.41) is 6.63. The largest absolute Gasteiger partial charge is 0.472 e. The van der Waals surface area contributed by atoms with Crippen LogP contribution >= 0.6 is 0 Å². The molecule has 1 atom stereocenters. The number of piperazine rings is 1. The minimum atomic E-state index is -0.611. The van der Waals surface area contributed by atoms with Gasteiger partial charge in [0.1, 0.15) is 11.8 Å². The number of hydrogen-bond acceptors (Lipinski definition) is 9. The first-order valence-electron chi connectivity index (χ1n) is 14.1. The number of ether oxygens (including phenoxy) is 1. The van der Waals surface area contributed by atoms with Crippen LogP contribution in [-0.4, -0.2) is 97.2 Å². The maximum absolute atomic E-state index is 12.2. The van der Waals surface area contributed by atoms with Crippen molar-refractivity contribution in [1.82, 2.24) is 25.1 Å². The second-order valence-corrected chi connectivity index (χ2v) is 10.7. The predicted octanol–water partition coefficient (Wildman–Crippen LogP) is 2.23. The number of nitrogens with two attached hydrogens (primary N) is 1. The van der Waals surface area contributed by atoms with Crippen molar-refractivity contribution in [3.05, 3.63) is 35.7 Å². The summed E-state index contributed by atoms with van der Waals surface area (Å²) in [4.78, 5) is 29.0. The molecule has 4 N–H and O–H groups in total. The van der Waals surface area contributed by atoms with Crippen LogP contribution in [-0.2, 0) is 6.42 Å². The number of carbonyl (C=O) groups is 1. The number of amides is 1. The third-order valence-electron chi connectivity index (χ3n) is 8.04. The Kier molecular flexibility index (Phi) is 8.61. The number of aryl methyl sites for hydroxylation is 1. The Bertz CT molecular complexity index is 1070. The zero-order chi connectivity index (χ0) is 26.5. The van der Waals surface area contributed by atoms with E-state index in [1.54, 1.807) is 0 Å². The fraction of sp³-hybridized carbons (Fsp3) is 0.607. The summed E-state index contributed by atoms with van der Waals surface area (Å²) in [7, 11) is 2.21. The third kappa shape index (κ3) is 6.36. The van der Waals surface area contributed by atoms with Crippen LogP contribution in [0, 0.1) is 0 Å². The van der Waals surface area contributed by atoms with Crippen molar-refractivity contribution in [3.8, 4) is 5.88 Å². The molecular weight excluding hydrogens is 480 g/mol. The van der Waals surface area contributed by atoms with Crippen LogP contribution in [0.3, 0.4) is 0 Å². The van der Waals surface area contributed by atoms with E-state index in [1.165, 1.54) is 44.7 Å². The SMILES string of the molecule is CCc1nc(C(N)=O)c(Nc2ccc(N3CCC(N4CCN(C)CC4)CC3)cc2)nc1O[C@@H]1CCCNC1. The smallest absolute Gasteiger partial charge is 0.271 e. The number of rotatable bonds is 8. The van der Waals surface area contributed by atoms with Gasteiger partial charge in [-0.15, -0.1) is 0 Å². The fourth-order valence-corrected chi connectivity index (χ4v) is 5.69. The maximum Gasteiger partial charge on any atom is 0.271 e. The van der Waals surface area contributed by atoms with Gasteiger partial charge in [-0.1, -0.05) is 6.92 Å². The first kappa shape index (κ1) is 26.6. The van der Waals surface area contributed by atoms with Gasteiger partial charge in [0, 0.05) is 63.2 Å². The molecule has 0 spiro atoms. The lowest BCUT2D eigenvalue weighted by Crippen LogP contribution is -2.52. The van der Waals surface area contributed by atoms with Crippen LogP contribution in [0.2, 0.25) is 0 Å². The van der Waals surface area contributed by atoms with E-state index in [4.69, 9.17) is 10.5 Å². The average Bonchev–Trinajstić information content (AvgIpc) is 2.94. The lowest BCUT2D eigenvalue weighted by molar-refractivity contribution is 0.0982. The van der Waals surface area contributed by atoms with E-state index >= 15 is 0 Å². The summed E-state index contributed by atoms with van der Waals surface area (Å²) in [6.07, 6.45) is 5.06. The molecule has 10 heteroatoms. The van der Waals surface area contributed by atoms with E-state index in [9.17, 15) is 4.79 Å². The first-order chi connectivity index (χ1) is 18.5. The van der Waals surface area contributed by atoms with Gasteiger partial charge in [-0.25, -0.2) is 4.98 Å². The van der Waals surface area contributed by atoms with Gasteiger partial charge in [0.25, 0.3) is 5.91 Å². The molecule has 1 amide bonds. The van der Waals surface area contributed by atoms with E-state index in [-0.39, 0.29) is 11.8 Å². The lowest BCUT2D eigenvalue weighted by atomic mass is 10.0. The molecule has 3 aliphatic rings. The average molecular weight is 523 g/mol. The zero-order valence-electron chi connectivity index (χ0n) is 22.8. The fourth-order valence-electron chi connectivity index (χ4n) is 5.69. The van der Waals surface area contributed by atoms with Crippen molar-refractivity contribution in [3.63, 3.8) is 0 Å². The monoisotopic (exact) mass is 522 g/mol. The van der Waals surface area contributed by atoms with Crippen molar-refractivity contribution in [1.29, 1.82) is 0 Å². The molecule has 206 valence electrons. The summed E-state index contributed by atoms with van der Waals surface area (Å²) >= 11 is 0. The molecule has 0 unspecified atom stereocenters. The van der Waals surface area contributed by atoms with Crippen LogP contribution in [0.15, 0.2) is 24.3 Å². The molecule has 0 bridgehead atoms. The minimum Gasteiger partial charge on any atom is -0.472 e. The highest BCUT2D eigenvalue weighted by molar-refractivity contribution is 5.96. The quantitative estimate of drug-likeness (QED) is 0.480. The zero-order valence-corrected chi connectivity index (χ0v) is 22.8. The van der Waals surface area contributed by atoms with Crippen molar-refractivity contribution in [2.24, 2.45) is 5.73 Å². The van der Waals surface area contributed by atoms with Gasteiger partial charge in [-0.05, 0) is 70.0 Å². The molecule has 1 aromatic carbocycles. The highest BCUT2D eigenvalue weighted by atomic mass is 16.5. The van der Waals surface area contributed by atoms with Crippen LogP contribution in [0.1, 0.15) is 48.8 Å². The lowest BCUT2D eigenvalue weighted by Gasteiger charge is -2.42. The second-order valence-electron chi connectivity index (χ2n) is 10.7. The summed E-state index contributed by atoms with van der Waals surface area (Å²) in [6, 6.07) is 8.99. The Hall–Kier alpha value is -2.95. The molecule has 3 fully saturated rings. The number of likely N-dealkylation sites (N-methyl/N-ethyl adjacent to an activating group) is 1. The Morgan fingerprint density at radius 3 is 2.45 bits per heavy atom. The summed E-state index contributed by atoms with van der Waals surface area (Å²) in [5.41, 5.74) is 8.49. The van der Waals surface area contributed by atoms with Crippen LogP contribution in [0.5, 0.6) is 5.88 Å². The van der Waals surface area contributed by atoms with E-state index in [0.717, 1.165) is 44.7 Å². The molecule has 0 radical (unpaired) electrons. The number of anilines is 3. The molecule has 1 aromatic heterocycles. The Morgan fingerprint density at radius 2 is 1.82 bits per heavy atom. The maximum atomic E-state index is 12.2. The van der Waals surface area contributed by atoms with Gasteiger partial charge in [-0.3, -0.25) is 9.69 Å². The molecule has 3 saturated heterocycles. The van der Waals surface area contributed by atoms with Crippen molar-refractivity contribution in [2.45, 2.75) is 51.2 Å². The van der Waals surface area contributed by atoms with Gasteiger partial charge >= 0.3 is 0 Å². The second kappa shape index (κ2) is 12.3. The van der Waals surface area contributed by atoms with Crippen LogP contribution in [0.25, 0.3) is 0 Å². The molecule has 2 aromatic rings. The normalized spacial score (nSPS) is 21.8. The van der Waals surface area contributed by atoms with E-state index in [0.29, 0.717) is 29.9 Å². The Labute approximate surface area is 225 Å². The molecule has 3 aliphatic heterocycles. The number of nitrogens with one attached hydrogen (secondary N) is 2. The standard InChI is InChI=1S/C28H42N8O2/c1-3-24-28(38-23-5-4-12-30-19-23)33-27(25(32-24)26(29)37)31-20-6-8-21(9-7-20)35-13-10-22(11-14-35)36-17-15-34(2)16-18-36/h6-9,22-23,30H,3-5,10-19H2,1-2H3,(H2,29,37)(H,31,33)/t23-/m1/s1. The summed E-state index contributed by atoms with van der Waals surface area (Å²) in [6.45, 7) is 10.6. The molecule has 38 heavy (non-hydrogen) atoms. The Morgan fingerprint density at radius 1 is 1.08 bits per heavy atom. The molecule has 4 heterocycles. The van der Waals surface area contributed by atoms with Crippen LogP contribution < -0.4 is 26.0 Å². The highest BCUT2D eigenvalue weighted by Crippen LogP contribution is 2.28. The van der Waals surface area contributed by atoms with Gasteiger partial charge in [-0.2, -0.15) is 4.98 Å². The van der Waals surface area contributed by atoms with E-state index in [2.05, 4.69) is 54.5 Å². The summed E-state index contributed by atoms with van der Waals surface area (Å²) < 4.78 is 6.21. The number of piperidine rings is 2. The summed E-state index contributed by atoms with van der Waals surface area (Å²) in [5.74, 6) is 0.183. The minimum absolute atomic E-state index is 0.0373. The van der Waals surface area contributed by atoms with E-state index < -0.39 is 5.91 Å². The number of nitrogens with zero attached hydrogens (tertiary/aromatic N) is 5. The van der Waals surface area contributed by atoms with Crippen LogP contribution in [0.4, 0.5) is 17.2 Å². The van der Waals surface area contributed by atoms with Gasteiger partial charge in [0.15, 0.2) is 11.5 Å². The van der Waals surface area contributed by atoms with Gasteiger partial charge in [0.05, 0.1) is 0 Å². The number of benzene rings is 1. The van der Waals surface area contributed by atoms with Crippen molar-refractivity contribution >= 4 is 23.1 Å². The molecule has 0 saturated carbocycles. The molecule has 10 nitrogen and oxygen atoms in total. The number of primary amides is 1. The Balaban J connectivity index is 1.24. The molecule has 0 aliphatic carbocycles. The molecular formula is C28H42N8O2. The van der Waals surface area contributed by atoms with E-state index in [1.807, 2.05) is 19.1 Å². The van der Waals surface area contributed by atoms with Gasteiger partial charge in [0.2, 0.25) is 5.88 Å². The number of carbonyl (C=O) groups excluding carboxylic acids is 1. The number of aromatic nitrogens is 2. The van der Waals surface area contributed by atoms with Crippen molar-refractivity contribution in [2.75, 3.05) is 69.6 Å². The first-order valence-corrected chi connectivity index (χ1v) is 14.1. The van der Waals surface area contributed by atoms with Gasteiger partial charge < -0.3 is 30.9 Å². The molecule has 5 rings (SSSR count). The predicted molar refractivity (Wildman–Crippen MR) is 150 cm³/mol.